The number of aryl methyl sites for hydroxylation is 1. The number of rotatable bonds is 6. The molecule has 1 N–H and O–H groups in total. The van der Waals surface area contributed by atoms with E-state index in [-0.39, 0.29) is 17.2 Å². The Morgan fingerprint density at radius 1 is 1.21 bits per heavy atom. The Morgan fingerprint density at radius 2 is 2.04 bits per heavy atom. The molecule has 142 valence electrons. The van der Waals surface area contributed by atoms with Gasteiger partial charge in [-0.3, -0.25) is 14.6 Å². The highest BCUT2D eigenvalue weighted by molar-refractivity contribution is 5.93. The molecule has 28 heavy (non-hydrogen) atoms. The first-order valence-corrected chi connectivity index (χ1v) is 9.01. The quantitative estimate of drug-likeness (QED) is 0.556. The van der Waals surface area contributed by atoms with Crippen LogP contribution in [-0.4, -0.2) is 31.7 Å². The van der Waals surface area contributed by atoms with Crippen molar-refractivity contribution < 1.29 is 9.32 Å². The molecule has 1 amide bonds. The summed E-state index contributed by atoms with van der Waals surface area (Å²) in [6.45, 7) is 3.38. The van der Waals surface area contributed by atoms with Crippen molar-refractivity contribution in [3.63, 3.8) is 0 Å². The number of carbonyl (C=O) groups excluding carboxylic acids is 1. The van der Waals surface area contributed by atoms with E-state index in [1.807, 2.05) is 35.9 Å². The number of nitrogens with zero attached hydrogens (tertiary/aromatic N) is 4. The molecule has 8 heteroatoms. The highest BCUT2D eigenvalue weighted by Gasteiger charge is 2.14. The lowest BCUT2D eigenvalue weighted by molar-refractivity contribution is 0.0943. The molecule has 0 spiro atoms. The van der Waals surface area contributed by atoms with Crippen LogP contribution in [0.2, 0.25) is 0 Å². The summed E-state index contributed by atoms with van der Waals surface area (Å²) in [6, 6.07) is 9.00. The largest absolute Gasteiger partial charge is 0.355 e. The minimum atomic E-state index is -0.357. The second-order valence-electron chi connectivity index (χ2n) is 6.29. The van der Waals surface area contributed by atoms with Crippen LogP contribution in [0.5, 0.6) is 0 Å². The monoisotopic (exact) mass is 377 g/mol. The highest BCUT2D eigenvalue weighted by atomic mass is 16.5. The number of aromatic nitrogens is 4. The fourth-order valence-corrected chi connectivity index (χ4v) is 3.09. The van der Waals surface area contributed by atoms with Crippen molar-refractivity contribution in [2.75, 3.05) is 6.54 Å². The molecule has 0 bridgehead atoms. The molecular formula is C20H19N5O3. The Labute approximate surface area is 160 Å². The van der Waals surface area contributed by atoms with Gasteiger partial charge in [0, 0.05) is 61.4 Å². The summed E-state index contributed by atoms with van der Waals surface area (Å²) in [5, 5.41) is 7.49. The van der Waals surface area contributed by atoms with Gasteiger partial charge in [0.15, 0.2) is 11.5 Å². The van der Waals surface area contributed by atoms with E-state index in [1.165, 1.54) is 0 Å². The van der Waals surface area contributed by atoms with Gasteiger partial charge in [0.2, 0.25) is 0 Å². The lowest BCUT2D eigenvalue weighted by Crippen LogP contribution is -2.31. The molecule has 0 fully saturated rings. The van der Waals surface area contributed by atoms with Gasteiger partial charge in [-0.25, -0.2) is 0 Å². The van der Waals surface area contributed by atoms with Crippen LogP contribution in [0.15, 0.2) is 64.4 Å². The molecule has 4 aromatic rings. The minimum Gasteiger partial charge on any atom is -0.355 e. The molecule has 4 aromatic heterocycles. The van der Waals surface area contributed by atoms with Gasteiger partial charge in [-0.2, -0.15) is 0 Å². The van der Waals surface area contributed by atoms with Gasteiger partial charge in [-0.1, -0.05) is 5.16 Å². The summed E-state index contributed by atoms with van der Waals surface area (Å²) in [5.41, 5.74) is 1.53. The summed E-state index contributed by atoms with van der Waals surface area (Å²) in [4.78, 5) is 29.0. The van der Waals surface area contributed by atoms with Crippen LogP contribution in [-0.2, 0) is 13.1 Å². The van der Waals surface area contributed by atoms with Gasteiger partial charge in [-0.15, -0.1) is 0 Å². The zero-order valence-corrected chi connectivity index (χ0v) is 15.3. The Hall–Kier alpha value is -3.68. The van der Waals surface area contributed by atoms with Crippen LogP contribution >= 0.6 is 0 Å². The van der Waals surface area contributed by atoms with E-state index in [0.717, 1.165) is 17.5 Å². The lowest BCUT2D eigenvalue weighted by Gasteiger charge is -2.08. The normalized spacial score (nSPS) is 11.0. The molecule has 0 aromatic carbocycles. The third-order valence-electron chi connectivity index (χ3n) is 4.56. The summed E-state index contributed by atoms with van der Waals surface area (Å²) in [5.74, 6) is 0.116. The fourth-order valence-electron chi connectivity index (χ4n) is 3.09. The summed E-state index contributed by atoms with van der Waals surface area (Å²) in [7, 11) is 0. The number of pyridine rings is 2. The van der Waals surface area contributed by atoms with E-state index in [0.29, 0.717) is 24.4 Å². The Morgan fingerprint density at radius 3 is 2.79 bits per heavy atom. The molecule has 8 nitrogen and oxygen atoms in total. The van der Waals surface area contributed by atoms with Crippen molar-refractivity contribution >= 4 is 16.8 Å². The number of carbonyl (C=O) groups is 1. The van der Waals surface area contributed by atoms with Gasteiger partial charge in [0.05, 0.1) is 0 Å². The maximum atomic E-state index is 12.7. The van der Waals surface area contributed by atoms with Crippen molar-refractivity contribution in [1.29, 1.82) is 0 Å². The fraction of sp³-hybridized carbons (Fsp3) is 0.200. The zero-order valence-electron chi connectivity index (χ0n) is 15.3. The summed E-state index contributed by atoms with van der Waals surface area (Å²) < 4.78 is 8.73. The van der Waals surface area contributed by atoms with Crippen molar-refractivity contribution in [1.82, 2.24) is 24.6 Å². The topological polar surface area (TPSA) is 95.0 Å². The molecular weight excluding hydrogens is 358 g/mol. The van der Waals surface area contributed by atoms with Crippen LogP contribution in [0.4, 0.5) is 0 Å². The van der Waals surface area contributed by atoms with Gasteiger partial charge < -0.3 is 19.0 Å². The SMILES string of the molecule is CCn1ccc2ccn(CCNC(=O)c3cc(-c4cccnc4)on3)c(=O)c21. The maximum absolute atomic E-state index is 12.7. The van der Waals surface area contributed by atoms with E-state index in [4.69, 9.17) is 4.52 Å². The van der Waals surface area contributed by atoms with Crippen LogP contribution in [0.1, 0.15) is 17.4 Å². The second-order valence-corrected chi connectivity index (χ2v) is 6.29. The molecule has 4 rings (SSSR count). The predicted molar refractivity (Wildman–Crippen MR) is 104 cm³/mol. The Balaban J connectivity index is 1.42. The number of hydrogen-bond acceptors (Lipinski definition) is 5. The molecule has 0 atom stereocenters. The van der Waals surface area contributed by atoms with E-state index in [1.54, 1.807) is 35.3 Å². The first-order chi connectivity index (χ1) is 13.7. The van der Waals surface area contributed by atoms with Crippen LogP contribution in [0.3, 0.4) is 0 Å². The molecule has 0 saturated carbocycles. The molecule has 0 saturated heterocycles. The number of fused-ring (bicyclic) bond motifs is 1. The number of amides is 1. The first kappa shape index (κ1) is 17.7. The van der Waals surface area contributed by atoms with Gasteiger partial charge in [0.1, 0.15) is 5.52 Å². The Kier molecular flexibility index (Phi) is 4.76. The van der Waals surface area contributed by atoms with Gasteiger partial charge in [-0.05, 0) is 31.2 Å². The highest BCUT2D eigenvalue weighted by Crippen LogP contribution is 2.18. The zero-order chi connectivity index (χ0) is 19.5. The van der Waals surface area contributed by atoms with Gasteiger partial charge >= 0.3 is 0 Å². The van der Waals surface area contributed by atoms with E-state index in [9.17, 15) is 9.59 Å². The van der Waals surface area contributed by atoms with Crippen molar-refractivity contribution in [2.45, 2.75) is 20.0 Å². The first-order valence-electron chi connectivity index (χ1n) is 9.01. The van der Waals surface area contributed by atoms with Crippen molar-refractivity contribution in [3.05, 3.63) is 71.2 Å². The maximum Gasteiger partial charge on any atom is 0.275 e. The van der Waals surface area contributed by atoms with Gasteiger partial charge in [0.25, 0.3) is 11.5 Å². The van der Waals surface area contributed by atoms with E-state index < -0.39 is 0 Å². The average Bonchev–Trinajstić information content (AvgIpc) is 3.38. The molecule has 4 heterocycles. The van der Waals surface area contributed by atoms with Crippen molar-refractivity contribution in [2.24, 2.45) is 0 Å². The van der Waals surface area contributed by atoms with E-state index >= 15 is 0 Å². The number of hydrogen-bond donors (Lipinski definition) is 1. The van der Waals surface area contributed by atoms with Crippen LogP contribution in [0.25, 0.3) is 22.2 Å². The van der Waals surface area contributed by atoms with Crippen LogP contribution in [0, 0.1) is 0 Å². The predicted octanol–water partition coefficient (Wildman–Crippen LogP) is 2.30. The standard InChI is InChI=1S/C20H19N5O3/c1-2-24-9-5-14-6-10-25(20(27)18(14)24)11-8-22-19(26)16-12-17(28-23-16)15-4-3-7-21-13-15/h3-7,9-10,12-13H,2,8,11H2,1H3,(H,22,26). The molecule has 0 aliphatic heterocycles. The second kappa shape index (κ2) is 7.51. The third-order valence-corrected chi connectivity index (χ3v) is 4.56. The Bertz CT molecular complexity index is 1170. The number of nitrogens with one attached hydrogen (secondary N) is 1. The van der Waals surface area contributed by atoms with Crippen molar-refractivity contribution in [3.8, 4) is 11.3 Å². The lowest BCUT2D eigenvalue weighted by atomic mass is 10.2. The molecule has 0 radical (unpaired) electrons. The summed E-state index contributed by atoms with van der Waals surface area (Å²) in [6.07, 6.45) is 6.94. The smallest absolute Gasteiger partial charge is 0.275 e. The van der Waals surface area contributed by atoms with E-state index in [2.05, 4.69) is 15.5 Å². The molecule has 0 unspecified atom stereocenters. The molecule has 0 aliphatic carbocycles. The van der Waals surface area contributed by atoms with Crippen LogP contribution < -0.4 is 10.9 Å². The third kappa shape index (κ3) is 3.32. The molecule has 0 aliphatic rings. The minimum absolute atomic E-state index is 0.0705. The summed E-state index contributed by atoms with van der Waals surface area (Å²) >= 11 is 0. The average molecular weight is 377 g/mol.